The molecule has 0 radical (unpaired) electrons. The van der Waals surface area contributed by atoms with E-state index in [0.717, 1.165) is 47.4 Å². The molecular formula is C21H27N3O. The molecule has 0 spiro atoms. The number of benzene rings is 1. The van der Waals surface area contributed by atoms with Gasteiger partial charge in [-0.3, -0.25) is 9.36 Å². The van der Waals surface area contributed by atoms with Gasteiger partial charge in [0, 0.05) is 18.3 Å². The predicted molar refractivity (Wildman–Crippen MR) is 103 cm³/mol. The molecule has 0 fully saturated rings. The van der Waals surface area contributed by atoms with Crippen LogP contribution in [0, 0.1) is 6.92 Å². The molecule has 0 amide bonds. The van der Waals surface area contributed by atoms with E-state index >= 15 is 0 Å². The first-order chi connectivity index (χ1) is 12.0. The zero-order valence-electron chi connectivity index (χ0n) is 15.8. The summed E-state index contributed by atoms with van der Waals surface area (Å²) in [5, 5.41) is 4.87. The molecular weight excluding hydrogens is 310 g/mol. The summed E-state index contributed by atoms with van der Waals surface area (Å²) < 4.78 is 3.55. The van der Waals surface area contributed by atoms with Crippen LogP contribution < -0.4 is 5.56 Å². The van der Waals surface area contributed by atoms with Crippen molar-refractivity contribution in [1.29, 1.82) is 0 Å². The molecule has 0 unspecified atom stereocenters. The van der Waals surface area contributed by atoms with Crippen molar-refractivity contribution < 1.29 is 0 Å². The van der Waals surface area contributed by atoms with E-state index in [-0.39, 0.29) is 5.56 Å². The van der Waals surface area contributed by atoms with Crippen LogP contribution in [-0.2, 0) is 13.5 Å². The van der Waals surface area contributed by atoms with Gasteiger partial charge in [-0.2, -0.15) is 0 Å². The Morgan fingerprint density at radius 1 is 1.12 bits per heavy atom. The molecule has 25 heavy (non-hydrogen) atoms. The van der Waals surface area contributed by atoms with Crippen molar-refractivity contribution in [3.05, 3.63) is 57.5 Å². The molecule has 0 saturated heterocycles. The number of nitrogens with zero attached hydrogens (tertiary/aromatic N) is 3. The van der Waals surface area contributed by atoms with Crippen LogP contribution in [-0.4, -0.2) is 14.2 Å². The van der Waals surface area contributed by atoms with E-state index in [1.807, 2.05) is 36.7 Å². The second-order valence-electron chi connectivity index (χ2n) is 6.71. The van der Waals surface area contributed by atoms with Crippen LogP contribution in [0.3, 0.4) is 0 Å². The fraction of sp³-hybridized carbons (Fsp3) is 0.429. The lowest BCUT2D eigenvalue weighted by molar-refractivity contribution is 0.644. The minimum Gasteiger partial charge on any atom is -0.293 e. The van der Waals surface area contributed by atoms with E-state index in [9.17, 15) is 4.79 Å². The quantitative estimate of drug-likeness (QED) is 0.689. The summed E-state index contributed by atoms with van der Waals surface area (Å²) >= 11 is 0. The number of hydrogen-bond donors (Lipinski definition) is 0. The molecule has 0 aliphatic carbocycles. The molecule has 4 heteroatoms. The van der Waals surface area contributed by atoms with Crippen LogP contribution in [0.1, 0.15) is 56.4 Å². The van der Waals surface area contributed by atoms with Gasteiger partial charge in [0.05, 0.1) is 0 Å². The van der Waals surface area contributed by atoms with E-state index in [4.69, 9.17) is 5.10 Å². The average molecular weight is 337 g/mol. The Balaban J connectivity index is 2.34. The fourth-order valence-electron chi connectivity index (χ4n) is 3.73. The Labute approximate surface area is 149 Å². The lowest BCUT2D eigenvalue weighted by atomic mass is 9.95. The molecule has 1 aromatic carbocycles. The first kappa shape index (κ1) is 17.5. The van der Waals surface area contributed by atoms with Gasteiger partial charge < -0.3 is 0 Å². The van der Waals surface area contributed by atoms with Gasteiger partial charge in [-0.15, -0.1) is 5.10 Å². The molecule has 0 bridgehead atoms. The fourth-order valence-corrected chi connectivity index (χ4v) is 3.73. The van der Waals surface area contributed by atoms with Crippen LogP contribution in [0.5, 0.6) is 0 Å². The standard InChI is InChI=1S/C21H27N3O/c1-6-15(7-2)18-13-14(4)24-19(18)21(25)23(5)20(22-24)17-12-10-9-11-16(17)8-3/h9-13,15H,6-8H2,1-5H3. The Bertz CT molecular complexity index is 961. The van der Waals surface area contributed by atoms with Crippen LogP contribution >= 0.6 is 0 Å². The predicted octanol–water partition coefficient (Wildman–Crippen LogP) is 4.47. The average Bonchev–Trinajstić information content (AvgIpc) is 2.95. The van der Waals surface area contributed by atoms with Crippen LogP contribution in [0.25, 0.3) is 16.9 Å². The molecule has 3 rings (SSSR count). The molecule has 0 aliphatic heterocycles. The van der Waals surface area contributed by atoms with Crippen molar-refractivity contribution in [2.75, 3.05) is 0 Å². The van der Waals surface area contributed by atoms with Gasteiger partial charge in [-0.25, -0.2) is 4.52 Å². The highest BCUT2D eigenvalue weighted by Crippen LogP contribution is 2.29. The molecule has 3 aromatic rings. The van der Waals surface area contributed by atoms with E-state index in [2.05, 4.69) is 32.9 Å². The summed E-state index contributed by atoms with van der Waals surface area (Å²) in [6.07, 6.45) is 2.96. The van der Waals surface area contributed by atoms with Gasteiger partial charge in [-0.05, 0) is 49.3 Å². The highest BCUT2D eigenvalue weighted by atomic mass is 16.1. The molecule has 0 N–H and O–H groups in total. The minimum atomic E-state index is 0.0332. The Kier molecular flexibility index (Phi) is 4.80. The normalized spacial score (nSPS) is 11.6. The van der Waals surface area contributed by atoms with Crippen molar-refractivity contribution in [1.82, 2.24) is 14.2 Å². The maximum atomic E-state index is 13.2. The monoisotopic (exact) mass is 337 g/mol. The topological polar surface area (TPSA) is 39.3 Å². The molecule has 0 saturated carbocycles. The second kappa shape index (κ2) is 6.87. The largest absolute Gasteiger partial charge is 0.293 e. The van der Waals surface area contributed by atoms with Gasteiger partial charge >= 0.3 is 0 Å². The third-order valence-electron chi connectivity index (χ3n) is 5.27. The number of aromatic nitrogens is 3. The van der Waals surface area contributed by atoms with E-state index in [1.165, 1.54) is 5.56 Å². The highest BCUT2D eigenvalue weighted by molar-refractivity contribution is 5.64. The van der Waals surface area contributed by atoms with Gasteiger partial charge in [0.15, 0.2) is 5.82 Å². The lowest BCUT2D eigenvalue weighted by Gasteiger charge is -2.14. The Morgan fingerprint density at radius 3 is 2.44 bits per heavy atom. The van der Waals surface area contributed by atoms with Crippen molar-refractivity contribution in [2.24, 2.45) is 7.05 Å². The number of rotatable bonds is 5. The highest BCUT2D eigenvalue weighted by Gasteiger charge is 2.21. The van der Waals surface area contributed by atoms with Crippen LogP contribution in [0.4, 0.5) is 0 Å². The van der Waals surface area contributed by atoms with Crippen molar-refractivity contribution >= 4 is 5.52 Å². The maximum absolute atomic E-state index is 13.2. The molecule has 0 aliphatic rings. The Hall–Kier alpha value is -2.36. The smallest absolute Gasteiger partial charge is 0.278 e. The van der Waals surface area contributed by atoms with E-state index < -0.39 is 0 Å². The summed E-state index contributed by atoms with van der Waals surface area (Å²) in [7, 11) is 1.83. The molecule has 132 valence electrons. The third kappa shape index (κ3) is 2.80. The summed E-state index contributed by atoms with van der Waals surface area (Å²) in [5.74, 6) is 1.12. The first-order valence-electron chi connectivity index (χ1n) is 9.20. The summed E-state index contributed by atoms with van der Waals surface area (Å²) in [5.41, 5.74) is 5.14. The molecule has 2 heterocycles. The second-order valence-corrected chi connectivity index (χ2v) is 6.71. The first-order valence-corrected chi connectivity index (χ1v) is 9.20. The van der Waals surface area contributed by atoms with Crippen LogP contribution in [0.2, 0.25) is 0 Å². The third-order valence-corrected chi connectivity index (χ3v) is 5.27. The maximum Gasteiger partial charge on any atom is 0.278 e. The zero-order valence-corrected chi connectivity index (χ0v) is 15.8. The molecule has 2 aromatic heterocycles. The summed E-state index contributed by atoms with van der Waals surface area (Å²) in [6, 6.07) is 10.3. The van der Waals surface area contributed by atoms with Crippen molar-refractivity contribution in [2.45, 2.75) is 52.9 Å². The zero-order chi connectivity index (χ0) is 18.1. The van der Waals surface area contributed by atoms with Gasteiger partial charge in [0.25, 0.3) is 5.56 Å². The van der Waals surface area contributed by atoms with Gasteiger partial charge in [-0.1, -0.05) is 45.0 Å². The van der Waals surface area contributed by atoms with Gasteiger partial charge in [0.1, 0.15) is 5.52 Å². The SMILES string of the molecule is CCc1ccccc1-c1nn2c(C)cc(C(CC)CC)c2c(=O)n1C. The lowest BCUT2D eigenvalue weighted by Crippen LogP contribution is -2.24. The Morgan fingerprint density at radius 2 is 1.80 bits per heavy atom. The minimum absolute atomic E-state index is 0.0332. The summed E-state index contributed by atoms with van der Waals surface area (Å²) in [4.78, 5) is 13.2. The summed E-state index contributed by atoms with van der Waals surface area (Å²) in [6.45, 7) is 8.51. The molecule has 4 nitrogen and oxygen atoms in total. The van der Waals surface area contributed by atoms with Gasteiger partial charge in [0.2, 0.25) is 0 Å². The number of fused-ring (bicyclic) bond motifs is 1. The van der Waals surface area contributed by atoms with E-state index in [1.54, 1.807) is 4.57 Å². The van der Waals surface area contributed by atoms with Crippen LogP contribution in [0.15, 0.2) is 35.1 Å². The molecule has 0 atom stereocenters. The number of aryl methyl sites for hydroxylation is 2. The van der Waals surface area contributed by atoms with Crippen molar-refractivity contribution in [3.8, 4) is 11.4 Å². The van der Waals surface area contributed by atoms with Crippen molar-refractivity contribution in [3.63, 3.8) is 0 Å². The number of hydrogen-bond acceptors (Lipinski definition) is 2. The van der Waals surface area contributed by atoms with E-state index in [0.29, 0.717) is 5.92 Å².